The second kappa shape index (κ2) is 23.1. The number of benzene rings is 5. The summed E-state index contributed by atoms with van der Waals surface area (Å²) in [5.41, 5.74) is -7.25. The Morgan fingerprint density at radius 3 is 1.45 bits per heavy atom. The van der Waals surface area contributed by atoms with Crippen LogP contribution in [0.25, 0.3) is 14.5 Å². The summed E-state index contributed by atoms with van der Waals surface area (Å²) in [5, 5.41) is 28.5. The molecule has 5 aromatic carbocycles. The molecule has 0 saturated heterocycles. The second-order valence-electron chi connectivity index (χ2n) is 19.5. The van der Waals surface area contributed by atoms with E-state index in [1.807, 2.05) is 18.2 Å². The molecule has 3 aliphatic rings. The third-order valence-corrected chi connectivity index (χ3v) is 14.6. The fourth-order valence-corrected chi connectivity index (χ4v) is 10.9. The number of ketones is 2. The van der Waals surface area contributed by atoms with Crippen molar-refractivity contribution < 1.29 is 75.4 Å². The first-order valence-corrected chi connectivity index (χ1v) is 24.2. The zero-order valence-electron chi connectivity index (χ0n) is 42.2. The van der Waals surface area contributed by atoms with Crippen LogP contribution in [-0.2, 0) is 53.3 Å². The topological polar surface area (TPSA) is 119 Å². The van der Waals surface area contributed by atoms with Crippen LogP contribution in [0.1, 0.15) is 103 Å². The summed E-state index contributed by atoms with van der Waals surface area (Å²) < 4.78 is 200. The van der Waals surface area contributed by atoms with Gasteiger partial charge < -0.3 is 4.85 Å². The van der Waals surface area contributed by atoms with Crippen molar-refractivity contribution in [3.05, 3.63) is 197 Å². The maximum Gasteiger partial charge on any atom is 0.416 e. The lowest BCUT2D eigenvalue weighted by Crippen LogP contribution is -2.35. The van der Waals surface area contributed by atoms with Crippen LogP contribution in [0.5, 0.6) is 0 Å². The second-order valence-corrected chi connectivity index (χ2v) is 19.5. The number of hydrogen-bond donors (Lipinski definition) is 0. The summed E-state index contributed by atoms with van der Waals surface area (Å²) in [5.74, 6) is 2.50. The van der Waals surface area contributed by atoms with E-state index in [4.69, 9.17) is 19.7 Å². The smallest absolute Gasteiger partial charge is 0.312 e. The molecule has 3 saturated carbocycles. The minimum absolute atomic E-state index is 0.00663. The normalized spacial score (nSPS) is 21.0. The van der Waals surface area contributed by atoms with Crippen LogP contribution >= 0.6 is 0 Å². The van der Waals surface area contributed by atoms with Gasteiger partial charge >= 0.3 is 30.9 Å². The number of nitrogens with zero attached hydrogens (tertiary/aromatic N) is 6. The van der Waals surface area contributed by atoms with E-state index in [0.717, 1.165) is 6.07 Å². The van der Waals surface area contributed by atoms with E-state index in [9.17, 15) is 91.2 Å². The van der Waals surface area contributed by atoms with Crippen LogP contribution in [0, 0.1) is 114 Å². The number of alkyl halides is 15. The lowest BCUT2D eigenvalue weighted by atomic mass is 9.68. The van der Waals surface area contributed by atoms with Gasteiger partial charge in [0, 0.05) is 40.0 Å². The molecule has 8 nitrogen and oxygen atoms in total. The van der Waals surface area contributed by atoms with Crippen molar-refractivity contribution in [3.8, 4) is 41.9 Å². The number of fused-ring (bicyclic) bond motifs is 2. The Labute approximate surface area is 462 Å². The van der Waals surface area contributed by atoms with E-state index in [-0.39, 0.29) is 71.4 Å². The number of nitriles is 3. The number of carbonyl (C=O) groups excluding carboxylic acids is 2. The maximum atomic E-state index is 13.7. The summed E-state index contributed by atoms with van der Waals surface area (Å²) in [7, 11) is 0. The van der Waals surface area contributed by atoms with Crippen molar-refractivity contribution in [2.24, 2.45) is 29.6 Å². The van der Waals surface area contributed by atoms with Crippen LogP contribution < -0.4 is 0 Å². The number of halogens is 15. The molecule has 0 N–H and O–H groups in total. The van der Waals surface area contributed by atoms with Crippen LogP contribution in [0.2, 0.25) is 0 Å². The van der Waals surface area contributed by atoms with Gasteiger partial charge in [-0.3, -0.25) is 9.59 Å². The minimum Gasteiger partial charge on any atom is -0.312 e. The molecule has 8 rings (SSSR count). The molecule has 420 valence electrons. The zero-order valence-corrected chi connectivity index (χ0v) is 42.2. The van der Waals surface area contributed by atoms with Crippen molar-refractivity contribution in [1.29, 1.82) is 15.8 Å². The fourth-order valence-electron chi connectivity index (χ4n) is 10.9. The fraction of sp³-hybridized carbons (Fsp3) is 0.300. The van der Waals surface area contributed by atoms with E-state index in [0.29, 0.717) is 47.1 Å². The molecule has 3 aliphatic carbocycles. The molecule has 8 atom stereocenters. The van der Waals surface area contributed by atoms with Crippen molar-refractivity contribution in [2.45, 2.75) is 81.4 Å². The summed E-state index contributed by atoms with van der Waals surface area (Å²) in [4.78, 5) is 37.3. The summed E-state index contributed by atoms with van der Waals surface area (Å²) >= 11 is 0. The van der Waals surface area contributed by atoms with Gasteiger partial charge in [-0.25, -0.2) is 16.3 Å². The Morgan fingerprint density at radius 1 is 0.506 bits per heavy atom. The Balaban J connectivity index is 0.000000239. The molecule has 8 unspecified atom stereocenters. The van der Waals surface area contributed by atoms with Crippen molar-refractivity contribution >= 4 is 22.9 Å². The van der Waals surface area contributed by atoms with Gasteiger partial charge in [0.15, 0.2) is 17.2 Å². The predicted octanol–water partition coefficient (Wildman–Crippen LogP) is 15.5. The van der Waals surface area contributed by atoms with E-state index in [2.05, 4.69) is 38.2 Å². The van der Waals surface area contributed by atoms with Crippen LogP contribution in [0.15, 0.2) is 84.9 Å². The highest BCUT2D eigenvalue weighted by Crippen LogP contribution is 2.59. The molecule has 0 aromatic heterocycles. The zero-order chi connectivity index (χ0) is 61.3. The van der Waals surface area contributed by atoms with Gasteiger partial charge in [-0.2, -0.15) is 81.6 Å². The van der Waals surface area contributed by atoms with Crippen molar-refractivity contribution in [3.63, 3.8) is 0 Å². The Hall–Kier alpha value is -9.55. The molecule has 0 amide bonds. The van der Waals surface area contributed by atoms with E-state index in [1.165, 1.54) is 18.2 Å². The van der Waals surface area contributed by atoms with Gasteiger partial charge in [-0.15, -0.1) is 0 Å². The molecule has 5 aromatic rings. The SMILES string of the molecule is [C-]#[N+]c1ccc(C#Cc2cc(C#Cc3cc(C(F)(F)F)cc(C(F)(F)F)c3)c(CC#N)cc2CC#N)cc1C(F)(F)F.[C-]#[N+]c1ccc(C2C(=O)C3CC4C(=O)C(c5cc(C(F)(F)F)cc(C(F)(F)F)c5)C(C#N)C4CC3C2[N+]#[C-])cc1C. The number of aryl methyl sites for hydroxylation is 1. The number of Topliss-reactive ketones (excluding diaryl/α,β-unsaturated/α-hetero) is 2. The van der Waals surface area contributed by atoms with Gasteiger partial charge in [-0.05, 0) is 102 Å². The first-order chi connectivity index (χ1) is 38.8. The largest absolute Gasteiger partial charge is 0.416 e. The first kappa shape index (κ1) is 61.1. The lowest BCUT2D eigenvalue weighted by molar-refractivity contribution is -0.144. The summed E-state index contributed by atoms with van der Waals surface area (Å²) in [6.45, 7) is 23.7. The van der Waals surface area contributed by atoms with Crippen LogP contribution in [-0.4, -0.2) is 17.6 Å². The number of carbonyl (C=O) groups is 2. The van der Waals surface area contributed by atoms with Crippen LogP contribution in [0.4, 0.5) is 77.2 Å². The van der Waals surface area contributed by atoms with Gasteiger partial charge in [0.25, 0.3) is 0 Å². The Bertz CT molecular complexity index is 3800. The Morgan fingerprint density at radius 2 is 0.988 bits per heavy atom. The molecule has 0 heterocycles. The highest BCUT2D eigenvalue weighted by atomic mass is 19.4. The van der Waals surface area contributed by atoms with Gasteiger partial charge in [0.1, 0.15) is 11.7 Å². The molecular weight excluding hydrogens is 1120 g/mol. The summed E-state index contributed by atoms with van der Waals surface area (Å²) in [6.07, 6.45) is -25.7. The molecule has 0 radical (unpaired) electrons. The van der Waals surface area contributed by atoms with Gasteiger partial charge in [0.05, 0.1) is 83.8 Å². The minimum atomic E-state index is -5.11. The van der Waals surface area contributed by atoms with Crippen molar-refractivity contribution in [1.82, 2.24) is 0 Å². The van der Waals surface area contributed by atoms with Gasteiger partial charge in [0.2, 0.25) is 6.04 Å². The molecule has 0 spiro atoms. The number of rotatable bonds is 4. The monoisotopic (exact) mass is 1150 g/mol. The predicted molar refractivity (Wildman–Crippen MR) is 263 cm³/mol. The maximum absolute atomic E-state index is 13.7. The van der Waals surface area contributed by atoms with E-state index >= 15 is 0 Å². The lowest BCUT2D eigenvalue weighted by Gasteiger charge is -2.33. The summed E-state index contributed by atoms with van der Waals surface area (Å²) in [6, 6.07) is 16.9. The average molecular weight is 1150 g/mol. The van der Waals surface area contributed by atoms with Crippen molar-refractivity contribution in [2.75, 3.05) is 0 Å². The number of hydrogen-bond acceptors (Lipinski definition) is 5. The van der Waals surface area contributed by atoms with E-state index < -0.39 is 129 Å². The third-order valence-electron chi connectivity index (χ3n) is 14.6. The molecule has 3 fully saturated rings. The van der Waals surface area contributed by atoms with E-state index in [1.54, 1.807) is 25.1 Å². The molecular formula is C60H33F15N6O2. The van der Waals surface area contributed by atoms with Gasteiger partial charge in [-0.1, -0.05) is 60.1 Å². The molecule has 0 bridgehead atoms. The quantitative estimate of drug-likeness (QED) is 0.101. The Kier molecular flexibility index (Phi) is 17.0. The first-order valence-electron chi connectivity index (χ1n) is 24.2. The molecule has 83 heavy (non-hydrogen) atoms. The highest BCUT2D eigenvalue weighted by molar-refractivity contribution is 5.96. The molecule has 0 aliphatic heterocycles. The third kappa shape index (κ3) is 13.0. The molecule has 23 heteroatoms. The van der Waals surface area contributed by atoms with Crippen LogP contribution in [0.3, 0.4) is 0 Å². The average Bonchev–Trinajstić information content (AvgIpc) is 2.69. The highest BCUT2D eigenvalue weighted by Gasteiger charge is 2.63. The standard InChI is InChI=1S/C30H12F9N3.C30H21F6N3O2/c1-42-27-7-4-18(14-26(27)30(37,38)39)2-5-20-15-21(23(9-11-41)16-22(20)8-10-40)6-3-19-12-24(28(31,32)33)17-25(13-19)29(34,35)36;1-13-6-14(4-5-23(13)38-2)25-26(39-3)19-10-18-20(11-21(19)28(25)41)27(40)24(22(18)12-37)15-7-16(29(31,32)33)9-17(8-15)30(34,35)36/h4,7,12-17H,8-9H2;4-9,18-22,24-26H,10-11H2,1H3.